The molecule has 0 atom stereocenters. The van der Waals surface area contributed by atoms with Crippen LogP contribution in [0.2, 0.25) is 0 Å². The molecule has 0 radical (unpaired) electrons. The van der Waals surface area contributed by atoms with Crippen molar-refractivity contribution < 1.29 is 4.74 Å². The van der Waals surface area contributed by atoms with Gasteiger partial charge in [-0.1, -0.05) is 12.1 Å². The molecule has 5 nitrogen and oxygen atoms in total. The largest absolute Gasteiger partial charge is 0.378 e. The number of fused-ring (bicyclic) bond motifs is 1. The van der Waals surface area contributed by atoms with E-state index in [1.165, 1.54) is 0 Å². The van der Waals surface area contributed by atoms with E-state index in [9.17, 15) is 0 Å². The quantitative estimate of drug-likeness (QED) is 0.802. The Labute approximate surface area is 114 Å². The van der Waals surface area contributed by atoms with Gasteiger partial charge in [0.25, 0.3) is 0 Å². The fraction of sp³-hybridized carbons (Fsp3) is 0.500. The van der Waals surface area contributed by atoms with Gasteiger partial charge in [0.15, 0.2) is 0 Å². The number of likely N-dealkylation sites (N-methyl/N-ethyl adjacent to an activating group) is 1. The summed E-state index contributed by atoms with van der Waals surface area (Å²) >= 11 is 0. The Kier molecular flexibility index (Phi) is 4.39. The molecule has 0 amide bonds. The van der Waals surface area contributed by atoms with Crippen LogP contribution in [-0.4, -0.2) is 48.3 Å². The average Bonchev–Trinajstić information content (AvgIpc) is 2.67. The van der Waals surface area contributed by atoms with Crippen molar-refractivity contribution in [3.63, 3.8) is 0 Å². The lowest BCUT2D eigenvalue weighted by Gasteiger charge is -2.11. The summed E-state index contributed by atoms with van der Waals surface area (Å²) < 4.78 is 7.62. The number of hydrogen-bond donors (Lipinski definition) is 1. The highest BCUT2D eigenvalue weighted by molar-refractivity contribution is 5.81. The molecule has 0 saturated carbocycles. The second kappa shape index (κ2) is 6.04. The summed E-state index contributed by atoms with van der Waals surface area (Å²) in [5.74, 6) is 0.556. The number of hydrogen-bond acceptors (Lipinski definition) is 4. The van der Waals surface area contributed by atoms with Gasteiger partial charge in [0.05, 0.1) is 24.2 Å². The van der Waals surface area contributed by atoms with Gasteiger partial charge in [-0.15, -0.1) is 0 Å². The van der Waals surface area contributed by atoms with Gasteiger partial charge in [0.2, 0.25) is 5.95 Å². The fourth-order valence-corrected chi connectivity index (χ4v) is 2.05. The Bertz CT molecular complexity index is 548. The van der Waals surface area contributed by atoms with E-state index in [0.717, 1.165) is 36.3 Å². The van der Waals surface area contributed by atoms with Crippen molar-refractivity contribution in [1.82, 2.24) is 14.5 Å². The zero-order chi connectivity index (χ0) is 13.8. The van der Waals surface area contributed by atoms with Crippen LogP contribution in [0.1, 0.15) is 5.56 Å². The molecule has 0 aliphatic rings. The van der Waals surface area contributed by atoms with E-state index in [4.69, 9.17) is 10.5 Å². The molecule has 19 heavy (non-hydrogen) atoms. The van der Waals surface area contributed by atoms with Gasteiger partial charge in [-0.25, -0.2) is 4.98 Å². The maximum absolute atomic E-state index is 5.97. The average molecular weight is 262 g/mol. The molecule has 104 valence electrons. The molecule has 2 aromatic rings. The number of aromatic nitrogens is 2. The van der Waals surface area contributed by atoms with Crippen LogP contribution in [-0.2, 0) is 11.3 Å². The Balaban J connectivity index is 2.01. The zero-order valence-corrected chi connectivity index (χ0v) is 11.9. The molecular weight excluding hydrogens is 240 g/mol. The van der Waals surface area contributed by atoms with Crippen LogP contribution in [0.15, 0.2) is 18.2 Å². The van der Waals surface area contributed by atoms with Crippen LogP contribution in [0, 0.1) is 6.92 Å². The van der Waals surface area contributed by atoms with Crippen LogP contribution < -0.4 is 5.73 Å². The van der Waals surface area contributed by atoms with E-state index in [-0.39, 0.29) is 0 Å². The minimum atomic E-state index is 0.556. The lowest BCUT2D eigenvalue weighted by molar-refractivity contribution is 0.112. The van der Waals surface area contributed by atoms with Crippen LogP contribution >= 0.6 is 0 Å². The van der Waals surface area contributed by atoms with Crippen molar-refractivity contribution in [2.45, 2.75) is 13.5 Å². The Morgan fingerprint density at radius 3 is 2.84 bits per heavy atom. The van der Waals surface area contributed by atoms with Crippen molar-refractivity contribution in [1.29, 1.82) is 0 Å². The number of imidazole rings is 1. The number of nitrogens with zero attached hydrogens (tertiary/aromatic N) is 3. The molecule has 0 bridgehead atoms. The summed E-state index contributed by atoms with van der Waals surface area (Å²) in [5.41, 5.74) is 9.18. The van der Waals surface area contributed by atoms with Crippen molar-refractivity contribution in [2.75, 3.05) is 39.6 Å². The summed E-state index contributed by atoms with van der Waals surface area (Å²) in [6, 6.07) is 6.13. The molecular formula is C14H22N4O. The highest BCUT2D eigenvalue weighted by Gasteiger charge is 2.09. The van der Waals surface area contributed by atoms with Crippen molar-refractivity contribution in [3.05, 3.63) is 23.8 Å². The van der Waals surface area contributed by atoms with E-state index in [1.807, 2.05) is 43.8 Å². The highest BCUT2D eigenvalue weighted by atomic mass is 16.5. The lowest BCUT2D eigenvalue weighted by Crippen LogP contribution is -2.19. The number of benzene rings is 1. The number of anilines is 1. The predicted molar refractivity (Wildman–Crippen MR) is 78.3 cm³/mol. The number of nitrogens with two attached hydrogens (primary N) is 1. The van der Waals surface area contributed by atoms with Crippen LogP contribution in [0.4, 0.5) is 5.95 Å². The molecule has 0 aliphatic carbocycles. The molecule has 0 aliphatic heterocycles. The van der Waals surface area contributed by atoms with Gasteiger partial charge in [-0.2, -0.15) is 0 Å². The minimum Gasteiger partial charge on any atom is -0.378 e. The number of nitrogen functional groups attached to an aromatic ring is 1. The fourth-order valence-electron chi connectivity index (χ4n) is 2.05. The molecule has 0 saturated heterocycles. The second-order valence-corrected chi connectivity index (χ2v) is 4.98. The first-order valence-electron chi connectivity index (χ1n) is 6.53. The molecule has 2 N–H and O–H groups in total. The molecule has 0 fully saturated rings. The Morgan fingerprint density at radius 1 is 1.32 bits per heavy atom. The van der Waals surface area contributed by atoms with E-state index < -0.39 is 0 Å². The number of para-hydroxylation sites is 1. The first kappa shape index (κ1) is 13.8. The normalized spacial score (nSPS) is 11.6. The van der Waals surface area contributed by atoms with Gasteiger partial charge < -0.3 is 19.9 Å². The first-order chi connectivity index (χ1) is 9.09. The predicted octanol–water partition coefficient (Wildman–Crippen LogP) is 1.51. The minimum absolute atomic E-state index is 0.556. The summed E-state index contributed by atoms with van der Waals surface area (Å²) in [7, 11) is 4.07. The first-order valence-corrected chi connectivity index (χ1v) is 6.53. The summed E-state index contributed by atoms with van der Waals surface area (Å²) in [5, 5.41) is 0. The standard InChI is InChI=1S/C14H22N4O/c1-11-5-4-6-12-13(11)16-14(15)18(12)8-10-19-9-7-17(2)3/h4-6H,7-10H2,1-3H3,(H2,15,16). The zero-order valence-electron chi connectivity index (χ0n) is 11.9. The van der Waals surface area contributed by atoms with Crippen molar-refractivity contribution in [2.24, 2.45) is 0 Å². The van der Waals surface area contributed by atoms with E-state index in [1.54, 1.807) is 0 Å². The maximum Gasteiger partial charge on any atom is 0.201 e. The third-order valence-corrected chi connectivity index (χ3v) is 3.15. The van der Waals surface area contributed by atoms with E-state index in [2.05, 4.69) is 9.88 Å². The Hall–Kier alpha value is -1.59. The number of aryl methyl sites for hydroxylation is 1. The maximum atomic E-state index is 5.97. The van der Waals surface area contributed by atoms with Crippen LogP contribution in [0.5, 0.6) is 0 Å². The molecule has 0 unspecified atom stereocenters. The molecule has 1 heterocycles. The molecule has 2 rings (SSSR count). The Morgan fingerprint density at radius 2 is 2.11 bits per heavy atom. The third kappa shape index (κ3) is 3.24. The molecule has 1 aromatic carbocycles. The van der Waals surface area contributed by atoms with Gasteiger partial charge in [-0.3, -0.25) is 0 Å². The van der Waals surface area contributed by atoms with E-state index >= 15 is 0 Å². The van der Waals surface area contributed by atoms with E-state index in [0.29, 0.717) is 12.6 Å². The van der Waals surface area contributed by atoms with Gasteiger partial charge >= 0.3 is 0 Å². The van der Waals surface area contributed by atoms with Gasteiger partial charge in [0, 0.05) is 13.1 Å². The molecule has 1 aromatic heterocycles. The lowest BCUT2D eigenvalue weighted by atomic mass is 10.2. The summed E-state index contributed by atoms with van der Waals surface area (Å²) in [4.78, 5) is 6.52. The van der Waals surface area contributed by atoms with Crippen LogP contribution in [0.25, 0.3) is 11.0 Å². The number of ether oxygens (including phenoxy) is 1. The third-order valence-electron chi connectivity index (χ3n) is 3.15. The molecule has 0 spiro atoms. The summed E-state index contributed by atoms with van der Waals surface area (Å²) in [6.45, 7) is 5.10. The number of rotatable bonds is 6. The smallest absolute Gasteiger partial charge is 0.201 e. The second-order valence-electron chi connectivity index (χ2n) is 4.98. The van der Waals surface area contributed by atoms with Crippen molar-refractivity contribution >= 4 is 17.0 Å². The summed E-state index contributed by atoms with van der Waals surface area (Å²) in [6.07, 6.45) is 0. The van der Waals surface area contributed by atoms with Crippen LogP contribution in [0.3, 0.4) is 0 Å². The molecule has 5 heteroatoms. The van der Waals surface area contributed by atoms with Gasteiger partial charge in [-0.05, 0) is 32.6 Å². The SMILES string of the molecule is Cc1cccc2c1nc(N)n2CCOCCN(C)C. The highest BCUT2D eigenvalue weighted by Crippen LogP contribution is 2.20. The topological polar surface area (TPSA) is 56.3 Å². The monoisotopic (exact) mass is 262 g/mol. The van der Waals surface area contributed by atoms with Gasteiger partial charge in [0.1, 0.15) is 0 Å². The van der Waals surface area contributed by atoms with Crippen molar-refractivity contribution in [3.8, 4) is 0 Å².